The van der Waals surface area contributed by atoms with Crippen molar-refractivity contribution < 1.29 is 27.5 Å². The lowest BCUT2D eigenvalue weighted by Crippen LogP contribution is -2.54. The van der Waals surface area contributed by atoms with Crippen molar-refractivity contribution >= 4 is 27.5 Å². The van der Waals surface area contributed by atoms with E-state index in [1.165, 1.54) is 24.1 Å². The average Bonchev–Trinajstić information content (AvgIpc) is 3.04. The molecular formula is C33H41N3O6S. The van der Waals surface area contributed by atoms with Crippen LogP contribution in [0.5, 0.6) is 11.5 Å². The third-order valence-electron chi connectivity index (χ3n) is 7.78. The molecule has 0 radical (unpaired) electrons. The van der Waals surface area contributed by atoms with Gasteiger partial charge in [0.15, 0.2) is 0 Å². The van der Waals surface area contributed by atoms with Gasteiger partial charge >= 0.3 is 0 Å². The lowest BCUT2D eigenvalue weighted by molar-refractivity contribution is -0.140. The molecule has 0 saturated heterocycles. The molecule has 1 N–H and O–H groups in total. The summed E-state index contributed by atoms with van der Waals surface area (Å²) in [5.41, 5.74) is 1.04. The average molecular weight is 608 g/mol. The first kappa shape index (κ1) is 31.9. The third kappa shape index (κ3) is 8.07. The topological polar surface area (TPSA) is 105 Å². The van der Waals surface area contributed by atoms with E-state index in [1.807, 2.05) is 25.1 Å². The second-order valence-electron chi connectivity index (χ2n) is 10.7. The third-order valence-corrected chi connectivity index (χ3v) is 9.56. The Bertz CT molecular complexity index is 1470. The summed E-state index contributed by atoms with van der Waals surface area (Å²) in [7, 11) is -1.10. The number of benzene rings is 3. The number of hydrogen-bond donors (Lipinski definition) is 1. The molecule has 3 aromatic carbocycles. The number of methoxy groups -OCH3 is 2. The molecule has 1 fully saturated rings. The van der Waals surface area contributed by atoms with Gasteiger partial charge in [-0.05, 0) is 61.2 Å². The number of sulfonamides is 1. The molecule has 1 saturated carbocycles. The van der Waals surface area contributed by atoms with Gasteiger partial charge in [0.05, 0.1) is 24.8 Å². The van der Waals surface area contributed by atoms with E-state index in [1.54, 1.807) is 55.6 Å². The molecule has 43 heavy (non-hydrogen) atoms. The highest BCUT2D eigenvalue weighted by molar-refractivity contribution is 7.92. The Balaban J connectivity index is 1.72. The van der Waals surface area contributed by atoms with Crippen molar-refractivity contribution in [1.29, 1.82) is 0 Å². The summed E-state index contributed by atoms with van der Waals surface area (Å²) in [5.74, 6) is 0.333. The molecule has 4 rings (SSSR count). The number of nitrogens with one attached hydrogen (secondary N) is 1. The summed E-state index contributed by atoms with van der Waals surface area (Å²) in [6.07, 6.45) is 5.44. The van der Waals surface area contributed by atoms with Crippen LogP contribution in [0.25, 0.3) is 0 Å². The van der Waals surface area contributed by atoms with Crippen molar-refractivity contribution in [2.75, 3.05) is 25.1 Å². The van der Waals surface area contributed by atoms with Gasteiger partial charge in [0.25, 0.3) is 10.0 Å². The van der Waals surface area contributed by atoms with Crippen LogP contribution in [0, 0.1) is 0 Å². The van der Waals surface area contributed by atoms with Crippen LogP contribution >= 0.6 is 0 Å². The highest BCUT2D eigenvalue weighted by Gasteiger charge is 2.34. The lowest BCUT2D eigenvalue weighted by atomic mass is 9.95. The van der Waals surface area contributed by atoms with Crippen molar-refractivity contribution in [2.45, 2.75) is 69.0 Å². The minimum absolute atomic E-state index is 0.0482. The van der Waals surface area contributed by atoms with Crippen molar-refractivity contribution in [3.8, 4) is 11.5 Å². The summed E-state index contributed by atoms with van der Waals surface area (Å²) < 4.78 is 39.8. The van der Waals surface area contributed by atoms with Crippen molar-refractivity contribution in [3.63, 3.8) is 0 Å². The molecule has 0 aromatic heterocycles. The van der Waals surface area contributed by atoms with E-state index in [9.17, 15) is 18.0 Å². The minimum Gasteiger partial charge on any atom is -0.497 e. The highest BCUT2D eigenvalue weighted by atomic mass is 32.2. The number of nitrogens with zero attached hydrogens (tertiary/aromatic N) is 2. The normalized spacial score (nSPS) is 14.4. The van der Waals surface area contributed by atoms with E-state index >= 15 is 0 Å². The van der Waals surface area contributed by atoms with Crippen LogP contribution in [0.3, 0.4) is 0 Å². The van der Waals surface area contributed by atoms with Crippen molar-refractivity contribution in [2.24, 2.45) is 0 Å². The van der Waals surface area contributed by atoms with E-state index in [-0.39, 0.29) is 29.1 Å². The molecule has 230 valence electrons. The fourth-order valence-electron chi connectivity index (χ4n) is 5.45. The van der Waals surface area contributed by atoms with E-state index in [2.05, 4.69) is 5.32 Å². The molecule has 1 aliphatic carbocycles. The Morgan fingerprint density at radius 2 is 1.53 bits per heavy atom. The van der Waals surface area contributed by atoms with Crippen LogP contribution in [-0.2, 0) is 26.2 Å². The Kier molecular flexibility index (Phi) is 11.1. The zero-order valence-corrected chi connectivity index (χ0v) is 25.9. The maximum atomic E-state index is 14.3. The fourth-order valence-corrected chi connectivity index (χ4v) is 6.87. The first-order valence-corrected chi connectivity index (χ1v) is 16.2. The number of rotatable bonds is 13. The van der Waals surface area contributed by atoms with Gasteiger partial charge < -0.3 is 19.7 Å². The van der Waals surface area contributed by atoms with Crippen molar-refractivity contribution in [3.05, 3.63) is 84.4 Å². The van der Waals surface area contributed by atoms with Crippen LogP contribution in [0.15, 0.2) is 83.8 Å². The second-order valence-corrected chi connectivity index (χ2v) is 12.5. The van der Waals surface area contributed by atoms with E-state index in [0.717, 1.165) is 42.0 Å². The summed E-state index contributed by atoms with van der Waals surface area (Å²) in [6.45, 7) is 1.45. The Labute approximate surface area is 254 Å². The summed E-state index contributed by atoms with van der Waals surface area (Å²) >= 11 is 0. The summed E-state index contributed by atoms with van der Waals surface area (Å²) in [5, 5.41) is 3.16. The Morgan fingerprint density at radius 3 is 2.19 bits per heavy atom. The van der Waals surface area contributed by atoms with Gasteiger partial charge in [-0.3, -0.25) is 13.9 Å². The minimum atomic E-state index is -4.16. The molecule has 0 bridgehead atoms. The second kappa shape index (κ2) is 14.9. The van der Waals surface area contributed by atoms with Gasteiger partial charge in [0.2, 0.25) is 11.8 Å². The predicted molar refractivity (Wildman–Crippen MR) is 167 cm³/mol. The molecule has 1 aliphatic rings. The monoisotopic (exact) mass is 607 g/mol. The zero-order valence-electron chi connectivity index (χ0n) is 25.1. The van der Waals surface area contributed by atoms with Crippen LogP contribution in [0.2, 0.25) is 0 Å². The molecule has 0 heterocycles. The molecule has 3 aromatic rings. The van der Waals surface area contributed by atoms with E-state index in [0.29, 0.717) is 17.9 Å². The smallest absolute Gasteiger partial charge is 0.264 e. The molecule has 0 spiro atoms. The lowest BCUT2D eigenvalue weighted by Gasteiger charge is -2.34. The van der Waals surface area contributed by atoms with Gasteiger partial charge in [0, 0.05) is 18.7 Å². The van der Waals surface area contributed by atoms with Gasteiger partial charge in [-0.25, -0.2) is 8.42 Å². The van der Waals surface area contributed by atoms with Gasteiger partial charge in [-0.2, -0.15) is 0 Å². The van der Waals surface area contributed by atoms with E-state index < -0.39 is 28.5 Å². The summed E-state index contributed by atoms with van der Waals surface area (Å²) in [6, 6.07) is 21.1. The molecule has 1 unspecified atom stereocenters. The maximum Gasteiger partial charge on any atom is 0.264 e. The van der Waals surface area contributed by atoms with Crippen molar-refractivity contribution in [1.82, 2.24) is 10.2 Å². The SMILES string of the molecule is CCC(C(=O)NC1CCCCC1)N(Cc1cccc(OC)c1)C(=O)CN(c1cccc(OC)c1)S(=O)(=O)c1ccccc1. The Morgan fingerprint density at radius 1 is 0.884 bits per heavy atom. The number of carbonyl (C=O) groups is 2. The summed E-state index contributed by atoms with van der Waals surface area (Å²) in [4.78, 5) is 29.5. The standard InChI is InChI=1S/C33H41N3O6S/c1-4-31(33(38)34-26-14-7-5-8-15-26)35(23-25-13-11-17-28(21-25)41-2)32(37)24-36(27-16-12-18-29(22-27)42-3)43(39,40)30-19-9-6-10-20-30/h6,9-13,16-22,26,31H,4-5,7-8,14-15,23-24H2,1-3H3,(H,34,38). The molecule has 10 heteroatoms. The van der Waals surface area contributed by atoms with E-state index in [4.69, 9.17) is 9.47 Å². The van der Waals surface area contributed by atoms with Crippen LogP contribution < -0.4 is 19.1 Å². The fraction of sp³-hybridized carbons (Fsp3) is 0.394. The quantitative estimate of drug-likeness (QED) is 0.288. The number of carbonyl (C=O) groups excluding carboxylic acids is 2. The molecule has 2 amide bonds. The van der Waals surface area contributed by atoms with Crippen LogP contribution in [0.1, 0.15) is 51.0 Å². The highest BCUT2D eigenvalue weighted by Crippen LogP contribution is 2.28. The van der Waals surface area contributed by atoms with Gasteiger partial charge in [0.1, 0.15) is 24.1 Å². The molecule has 1 atom stereocenters. The predicted octanol–water partition coefficient (Wildman–Crippen LogP) is 5.16. The van der Waals surface area contributed by atoms with Crippen LogP contribution in [0.4, 0.5) is 5.69 Å². The van der Waals surface area contributed by atoms with Gasteiger partial charge in [-0.15, -0.1) is 0 Å². The Hall–Kier alpha value is -4.05. The first-order chi connectivity index (χ1) is 20.8. The number of hydrogen-bond acceptors (Lipinski definition) is 6. The largest absolute Gasteiger partial charge is 0.497 e. The zero-order chi connectivity index (χ0) is 30.8. The molecule has 0 aliphatic heterocycles. The molecular weight excluding hydrogens is 566 g/mol. The first-order valence-electron chi connectivity index (χ1n) is 14.7. The number of ether oxygens (including phenoxy) is 2. The number of amides is 2. The maximum absolute atomic E-state index is 14.3. The number of anilines is 1. The molecule has 9 nitrogen and oxygen atoms in total. The van der Waals surface area contributed by atoms with Crippen LogP contribution in [-0.4, -0.2) is 58.0 Å². The van der Waals surface area contributed by atoms with Gasteiger partial charge in [-0.1, -0.05) is 62.6 Å².